The number of rotatable bonds is 1. The molecule has 1 fully saturated rings. The van der Waals surface area contributed by atoms with Gasteiger partial charge in [-0.15, -0.1) is 0 Å². The lowest BCUT2D eigenvalue weighted by atomic mass is 9.93. The second kappa shape index (κ2) is 3.75. The van der Waals surface area contributed by atoms with Crippen LogP contribution in [0.5, 0.6) is 0 Å². The van der Waals surface area contributed by atoms with Gasteiger partial charge in [0, 0.05) is 24.9 Å². The highest BCUT2D eigenvalue weighted by molar-refractivity contribution is 5.77. The van der Waals surface area contributed by atoms with Crippen LogP contribution in [-0.4, -0.2) is 16.9 Å². The minimum absolute atomic E-state index is 0.00935. The van der Waals surface area contributed by atoms with Crippen molar-refractivity contribution in [3.63, 3.8) is 0 Å². The average Bonchev–Trinajstić information content (AvgIpc) is 2.23. The monoisotopic (exact) mass is 191 g/mol. The summed E-state index contributed by atoms with van der Waals surface area (Å²) in [5.41, 5.74) is 6.97. The number of carbonyl (C=O) groups is 1. The van der Waals surface area contributed by atoms with E-state index in [1.54, 1.807) is 12.4 Å². The second-order valence-electron chi connectivity index (χ2n) is 3.53. The van der Waals surface area contributed by atoms with E-state index in [-0.39, 0.29) is 18.0 Å². The lowest BCUT2D eigenvalue weighted by molar-refractivity contribution is -0.123. The molecular formula is C10H13N3O. The topological polar surface area (TPSA) is 68.0 Å². The van der Waals surface area contributed by atoms with Gasteiger partial charge in [0.1, 0.15) is 0 Å². The van der Waals surface area contributed by atoms with E-state index in [1.165, 1.54) is 0 Å². The number of amides is 1. The number of hydrogen-bond donors (Lipinski definition) is 2. The molecule has 1 aromatic heterocycles. The van der Waals surface area contributed by atoms with Crippen LogP contribution in [0.2, 0.25) is 0 Å². The van der Waals surface area contributed by atoms with E-state index in [4.69, 9.17) is 5.73 Å². The second-order valence-corrected chi connectivity index (χ2v) is 3.53. The maximum Gasteiger partial charge on any atom is 0.220 e. The third kappa shape index (κ3) is 1.75. The van der Waals surface area contributed by atoms with Gasteiger partial charge in [-0.25, -0.2) is 0 Å². The van der Waals surface area contributed by atoms with E-state index in [0.717, 1.165) is 12.0 Å². The first kappa shape index (κ1) is 9.15. The first-order chi connectivity index (χ1) is 6.77. The summed E-state index contributed by atoms with van der Waals surface area (Å²) in [5.74, 6) is 0.0773. The van der Waals surface area contributed by atoms with Crippen LogP contribution >= 0.6 is 0 Å². The van der Waals surface area contributed by atoms with Gasteiger partial charge < -0.3 is 11.1 Å². The molecule has 2 rings (SSSR count). The summed E-state index contributed by atoms with van der Waals surface area (Å²) in [4.78, 5) is 15.1. The third-order valence-corrected chi connectivity index (χ3v) is 2.51. The van der Waals surface area contributed by atoms with Crippen molar-refractivity contribution in [3.05, 3.63) is 30.1 Å². The molecule has 4 heteroatoms. The molecule has 1 aliphatic heterocycles. The van der Waals surface area contributed by atoms with Crippen LogP contribution < -0.4 is 11.1 Å². The lowest BCUT2D eigenvalue weighted by Gasteiger charge is -2.29. The van der Waals surface area contributed by atoms with E-state index >= 15 is 0 Å². The Morgan fingerprint density at radius 1 is 1.43 bits per heavy atom. The minimum atomic E-state index is -0.0563. The lowest BCUT2D eigenvalue weighted by Crippen LogP contribution is -2.45. The summed E-state index contributed by atoms with van der Waals surface area (Å²) in [7, 11) is 0. The smallest absolute Gasteiger partial charge is 0.220 e. The first-order valence-corrected chi connectivity index (χ1v) is 4.72. The Labute approximate surface area is 82.5 Å². The third-order valence-electron chi connectivity index (χ3n) is 2.51. The Morgan fingerprint density at radius 3 is 2.86 bits per heavy atom. The number of piperidine rings is 1. The molecule has 74 valence electrons. The highest BCUT2D eigenvalue weighted by Gasteiger charge is 2.26. The summed E-state index contributed by atoms with van der Waals surface area (Å²) in [6, 6.07) is 3.72. The largest absolute Gasteiger partial charge is 0.348 e. The molecule has 0 radical (unpaired) electrons. The Morgan fingerprint density at radius 2 is 2.14 bits per heavy atom. The van der Waals surface area contributed by atoms with Crippen molar-refractivity contribution in [1.82, 2.24) is 10.3 Å². The number of pyridine rings is 1. The fraction of sp³-hybridized carbons (Fsp3) is 0.400. The van der Waals surface area contributed by atoms with Crippen LogP contribution in [0.4, 0.5) is 0 Å². The first-order valence-electron chi connectivity index (χ1n) is 4.72. The van der Waals surface area contributed by atoms with Crippen molar-refractivity contribution in [3.8, 4) is 0 Å². The Hall–Kier alpha value is -1.42. The molecule has 4 nitrogen and oxygen atoms in total. The quantitative estimate of drug-likeness (QED) is 0.673. The molecule has 2 heterocycles. The van der Waals surface area contributed by atoms with Gasteiger partial charge in [0.15, 0.2) is 0 Å². The molecule has 1 aliphatic rings. The number of nitrogens with two attached hydrogens (primary N) is 1. The number of nitrogens with zero attached hydrogens (tertiary/aromatic N) is 1. The van der Waals surface area contributed by atoms with Crippen LogP contribution in [-0.2, 0) is 4.79 Å². The summed E-state index contributed by atoms with van der Waals surface area (Å²) < 4.78 is 0. The van der Waals surface area contributed by atoms with Gasteiger partial charge in [0.05, 0.1) is 6.04 Å². The van der Waals surface area contributed by atoms with Gasteiger partial charge in [-0.1, -0.05) is 0 Å². The molecule has 3 N–H and O–H groups in total. The van der Waals surface area contributed by atoms with Gasteiger partial charge >= 0.3 is 0 Å². The molecule has 1 saturated heterocycles. The Balaban J connectivity index is 2.20. The number of nitrogens with one attached hydrogen (secondary N) is 1. The van der Waals surface area contributed by atoms with Crippen LogP contribution in [0.1, 0.15) is 24.4 Å². The van der Waals surface area contributed by atoms with Gasteiger partial charge in [-0.2, -0.15) is 0 Å². The number of hydrogen-bond acceptors (Lipinski definition) is 3. The fourth-order valence-corrected chi connectivity index (χ4v) is 1.72. The zero-order valence-electron chi connectivity index (χ0n) is 7.81. The summed E-state index contributed by atoms with van der Waals surface area (Å²) in [5, 5.41) is 2.89. The molecule has 0 bridgehead atoms. The number of aromatic nitrogens is 1. The molecule has 2 unspecified atom stereocenters. The van der Waals surface area contributed by atoms with Crippen LogP contribution in [0.15, 0.2) is 24.5 Å². The van der Waals surface area contributed by atoms with E-state index < -0.39 is 0 Å². The predicted octanol–water partition coefficient (Wildman–Crippen LogP) is 0.360. The van der Waals surface area contributed by atoms with Crippen LogP contribution in [0.25, 0.3) is 0 Å². The van der Waals surface area contributed by atoms with E-state index in [0.29, 0.717) is 6.42 Å². The predicted molar refractivity (Wildman–Crippen MR) is 52.3 cm³/mol. The molecule has 0 spiro atoms. The Kier molecular flexibility index (Phi) is 2.45. The standard InChI is InChI=1S/C10H13N3O/c11-8-1-2-9(14)13-10(8)7-3-5-12-6-4-7/h3-6,8,10H,1-2,11H2,(H,13,14). The zero-order chi connectivity index (χ0) is 9.97. The van der Waals surface area contributed by atoms with E-state index in [2.05, 4.69) is 10.3 Å². The van der Waals surface area contributed by atoms with Gasteiger partial charge in [0.25, 0.3) is 0 Å². The molecule has 0 aromatic carbocycles. The molecule has 14 heavy (non-hydrogen) atoms. The van der Waals surface area contributed by atoms with Gasteiger partial charge in [-0.3, -0.25) is 9.78 Å². The van der Waals surface area contributed by atoms with Crippen molar-refractivity contribution in [2.45, 2.75) is 24.9 Å². The molecule has 0 saturated carbocycles. The normalized spacial score (nSPS) is 27.1. The summed E-state index contributed by atoms with van der Waals surface area (Å²) in [6.45, 7) is 0. The molecule has 2 atom stereocenters. The van der Waals surface area contributed by atoms with Crippen molar-refractivity contribution in [2.24, 2.45) is 5.73 Å². The maximum atomic E-state index is 11.2. The van der Waals surface area contributed by atoms with Crippen molar-refractivity contribution in [2.75, 3.05) is 0 Å². The molecule has 0 aliphatic carbocycles. The SMILES string of the molecule is NC1CCC(=O)NC1c1ccncc1. The highest BCUT2D eigenvalue weighted by atomic mass is 16.1. The zero-order valence-corrected chi connectivity index (χ0v) is 7.81. The fourth-order valence-electron chi connectivity index (χ4n) is 1.72. The van der Waals surface area contributed by atoms with E-state index in [1.807, 2.05) is 12.1 Å². The van der Waals surface area contributed by atoms with Crippen LogP contribution in [0.3, 0.4) is 0 Å². The van der Waals surface area contributed by atoms with Crippen LogP contribution in [0, 0.1) is 0 Å². The summed E-state index contributed by atoms with van der Waals surface area (Å²) >= 11 is 0. The van der Waals surface area contributed by atoms with E-state index in [9.17, 15) is 4.79 Å². The van der Waals surface area contributed by atoms with Crippen molar-refractivity contribution in [1.29, 1.82) is 0 Å². The van der Waals surface area contributed by atoms with Gasteiger partial charge in [0.2, 0.25) is 5.91 Å². The minimum Gasteiger partial charge on any atom is -0.348 e. The summed E-state index contributed by atoms with van der Waals surface area (Å²) in [6.07, 6.45) is 4.70. The average molecular weight is 191 g/mol. The molecule has 1 aromatic rings. The number of carbonyl (C=O) groups excluding carboxylic acids is 1. The maximum absolute atomic E-state index is 11.2. The van der Waals surface area contributed by atoms with Crippen molar-refractivity contribution < 1.29 is 4.79 Å². The Bertz CT molecular complexity index is 325. The van der Waals surface area contributed by atoms with Gasteiger partial charge in [-0.05, 0) is 24.1 Å². The highest BCUT2D eigenvalue weighted by Crippen LogP contribution is 2.21. The van der Waals surface area contributed by atoms with Crippen molar-refractivity contribution >= 4 is 5.91 Å². The molecular weight excluding hydrogens is 178 g/mol. The molecule has 1 amide bonds.